The number of carbonyl (C=O) groups is 1. The molecule has 1 amide bonds. The minimum atomic E-state index is -0.0414. The number of rotatable bonds is 8. The van der Waals surface area contributed by atoms with E-state index >= 15 is 0 Å². The fourth-order valence-corrected chi connectivity index (χ4v) is 2.18. The van der Waals surface area contributed by atoms with Gasteiger partial charge in [0.15, 0.2) is 5.82 Å². The van der Waals surface area contributed by atoms with Gasteiger partial charge in [0.25, 0.3) is 0 Å². The zero-order valence-electron chi connectivity index (χ0n) is 11.7. The van der Waals surface area contributed by atoms with Crippen LogP contribution in [0.2, 0.25) is 0 Å². The number of nitrogens with zero attached hydrogens (tertiary/aromatic N) is 3. The van der Waals surface area contributed by atoms with Crippen LogP contribution < -0.4 is 5.32 Å². The molecule has 7 nitrogen and oxygen atoms in total. The summed E-state index contributed by atoms with van der Waals surface area (Å²) in [4.78, 5) is 20.1. The van der Waals surface area contributed by atoms with Crippen molar-refractivity contribution in [1.29, 1.82) is 0 Å². The number of hydrogen-bond acceptors (Lipinski definition) is 6. The number of methoxy groups -OCH3 is 1. The molecular weight excluding hydrogens is 290 g/mol. The molecule has 0 aliphatic carbocycles. The first-order valence-electron chi connectivity index (χ1n) is 6.52. The van der Waals surface area contributed by atoms with E-state index in [9.17, 15) is 4.79 Å². The molecule has 21 heavy (non-hydrogen) atoms. The van der Waals surface area contributed by atoms with E-state index < -0.39 is 0 Å². The first-order chi connectivity index (χ1) is 10.3. The monoisotopic (exact) mass is 307 g/mol. The topological polar surface area (TPSA) is 92.8 Å². The van der Waals surface area contributed by atoms with Crippen molar-refractivity contribution in [2.24, 2.45) is 0 Å². The minimum Gasteiger partial charge on any atom is -0.385 e. The molecule has 0 radical (unpaired) electrons. The van der Waals surface area contributed by atoms with Crippen LogP contribution in [0.15, 0.2) is 29.6 Å². The number of aromatic amines is 1. The molecule has 2 rings (SSSR count). The highest BCUT2D eigenvalue weighted by Gasteiger charge is 2.09. The number of H-pyrrole nitrogens is 1. The molecule has 0 aliphatic rings. The largest absolute Gasteiger partial charge is 0.385 e. The molecule has 0 bridgehead atoms. The van der Waals surface area contributed by atoms with E-state index in [2.05, 4.69) is 25.5 Å². The first-order valence-corrected chi connectivity index (χ1v) is 7.50. The lowest BCUT2D eigenvalue weighted by atomic mass is 10.3. The minimum absolute atomic E-state index is 0.0414. The van der Waals surface area contributed by atoms with Gasteiger partial charge < -0.3 is 10.1 Å². The highest BCUT2D eigenvalue weighted by Crippen LogP contribution is 2.16. The predicted molar refractivity (Wildman–Crippen MR) is 79.8 cm³/mol. The summed E-state index contributed by atoms with van der Waals surface area (Å²) < 4.78 is 4.91. The summed E-state index contributed by atoms with van der Waals surface area (Å²) in [6, 6.07) is 5.56. The number of pyridine rings is 1. The number of nitrogens with one attached hydrogen (secondary N) is 2. The Balaban J connectivity index is 1.77. The molecule has 0 saturated heterocycles. The Kier molecular flexibility index (Phi) is 6.17. The number of thioether (sulfide) groups is 1. The maximum atomic E-state index is 11.6. The Morgan fingerprint density at radius 1 is 1.48 bits per heavy atom. The molecule has 0 unspecified atom stereocenters. The maximum absolute atomic E-state index is 11.6. The molecule has 2 heterocycles. The molecule has 0 saturated carbocycles. The van der Waals surface area contributed by atoms with Gasteiger partial charge in [-0.25, -0.2) is 0 Å². The predicted octanol–water partition coefficient (Wildman–Crippen LogP) is 1.11. The van der Waals surface area contributed by atoms with Gasteiger partial charge in [0, 0.05) is 26.5 Å². The Hall–Kier alpha value is -1.93. The van der Waals surface area contributed by atoms with Crippen molar-refractivity contribution in [1.82, 2.24) is 25.5 Å². The summed E-state index contributed by atoms with van der Waals surface area (Å²) in [5.74, 6) is 0.839. The SMILES string of the molecule is COCCCNC(=O)CSc1n[nH]c(-c2ccccn2)n1. The number of aromatic nitrogens is 4. The lowest BCUT2D eigenvalue weighted by Crippen LogP contribution is -2.26. The average molecular weight is 307 g/mol. The molecule has 2 aromatic heterocycles. The summed E-state index contributed by atoms with van der Waals surface area (Å²) in [6.45, 7) is 1.25. The van der Waals surface area contributed by atoms with Crippen LogP contribution in [0.3, 0.4) is 0 Å². The third-order valence-corrected chi connectivity index (χ3v) is 3.40. The zero-order chi connectivity index (χ0) is 14.9. The fourth-order valence-electron chi connectivity index (χ4n) is 1.55. The lowest BCUT2D eigenvalue weighted by molar-refractivity contribution is -0.118. The molecule has 0 atom stereocenters. The smallest absolute Gasteiger partial charge is 0.230 e. The maximum Gasteiger partial charge on any atom is 0.230 e. The van der Waals surface area contributed by atoms with Crippen LogP contribution in [0.4, 0.5) is 0 Å². The summed E-state index contributed by atoms with van der Waals surface area (Å²) in [7, 11) is 1.64. The summed E-state index contributed by atoms with van der Waals surface area (Å²) in [5, 5.41) is 10.2. The normalized spacial score (nSPS) is 10.5. The number of hydrogen-bond donors (Lipinski definition) is 2. The number of amides is 1. The van der Waals surface area contributed by atoms with E-state index in [0.29, 0.717) is 24.1 Å². The molecule has 0 aromatic carbocycles. The molecule has 0 fully saturated rings. The van der Waals surface area contributed by atoms with Gasteiger partial charge in [0.1, 0.15) is 5.69 Å². The zero-order valence-corrected chi connectivity index (χ0v) is 12.5. The van der Waals surface area contributed by atoms with Crippen LogP contribution in [0.5, 0.6) is 0 Å². The van der Waals surface area contributed by atoms with E-state index in [0.717, 1.165) is 12.1 Å². The van der Waals surface area contributed by atoms with E-state index in [1.54, 1.807) is 13.3 Å². The van der Waals surface area contributed by atoms with Crippen LogP contribution >= 0.6 is 11.8 Å². The van der Waals surface area contributed by atoms with Crippen LogP contribution in [-0.2, 0) is 9.53 Å². The molecule has 112 valence electrons. The first kappa shape index (κ1) is 15.5. The summed E-state index contributed by atoms with van der Waals surface area (Å²) in [5.41, 5.74) is 0.723. The molecule has 0 aliphatic heterocycles. The van der Waals surface area contributed by atoms with E-state index in [-0.39, 0.29) is 11.7 Å². The van der Waals surface area contributed by atoms with Crippen LogP contribution in [0.1, 0.15) is 6.42 Å². The van der Waals surface area contributed by atoms with E-state index in [1.165, 1.54) is 11.8 Å². The van der Waals surface area contributed by atoms with Crippen molar-refractivity contribution < 1.29 is 9.53 Å². The van der Waals surface area contributed by atoms with Crippen LogP contribution in [0, 0.1) is 0 Å². The van der Waals surface area contributed by atoms with Gasteiger partial charge in [0.05, 0.1) is 5.75 Å². The molecular formula is C13H17N5O2S. The van der Waals surface area contributed by atoms with Crippen LogP contribution in [0.25, 0.3) is 11.5 Å². The third-order valence-electron chi connectivity index (χ3n) is 2.55. The second-order valence-corrected chi connectivity index (χ2v) is 5.11. The van der Waals surface area contributed by atoms with Gasteiger partial charge in [-0.05, 0) is 18.6 Å². The fraction of sp³-hybridized carbons (Fsp3) is 0.385. The van der Waals surface area contributed by atoms with Gasteiger partial charge >= 0.3 is 0 Å². The van der Waals surface area contributed by atoms with Gasteiger partial charge in [-0.3, -0.25) is 14.9 Å². The van der Waals surface area contributed by atoms with Crippen molar-refractivity contribution in [3.63, 3.8) is 0 Å². The Labute approximate surface area is 126 Å². The van der Waals surface area contributed by atoms with E-state index in [4.69, 9.17) is 4.74 Å². The summed E-state index contributed by atoms with van der Waals surface area (Å²) >= 11 is 1.28. The van der Waals surface area contributed by atoms with Gasteiger partial charge in [-0.1, -0.05) is 17.8 Å². The Morgan fingerprint density at radius 3 is 3.14 bits per heavy atom. The third kappa shape index (κ3) is 5.16. The van der Waals surface area contributed by atoms with Gasteiger partial charge in [0.2, 0.25) is 11.1 Å². The van der Waals surface area contributed by atoms with Crippen molar-refractivity contribution in [2.75, 3.05) is 26.0 Å². The lowest BCUT2D eigenvalue weighted by Gasteiger charge is -2.02. The van der Waals surface area contributed by atoms with Crippen molar-refractivity contribution in [3.8, 4) is 11.5 Å². The standard InChI is InChI=1S/C13H17N5O2S/c1-20-8-4-7-15-11(19)9-21-13-16-12(17-18-13)10-5-2-3-6-14-10/h2-3,5-6H,4,7-9H2,1H3,(H,15,19)(H,16,17,18). The average Bonchev–Trinajstić information content (AvgIpc) is 2.99. The van der Waals surface area contributed by atoms with Crippen molar-refractivity contribution in [2.45, 2.75) is 11.6 Å². The Bertz CT molecular complexity index is 561. The van der Waals surface area contributed by atoms with Crippen molar-refractivity contribution in [3.05, 3.63) is 24.4 Å². The highest BCUT2D eigenvalue weighted by atomic mass is 32.2. The molecule has 2 aromatic rings. The highest BCUT2D eigenvalue weighted by molar-refractivity contribution is 7.99. The number of carbonyl (C=O) groups excluding carboxylic acids is 1. The quantitative estimate of drug-likeness (QED) is 0.560. The van der Waals surface area contributed by atoms with E-state index in [1.807, 2.05) is 18.2 Å². The molecule has 2 N–H and O–H groups in total. The number of ether oxygens (including phenoxy) is 1. The van der Waals surface area contributed by atoms with Gasteiger partial charge in [-0.2, -0.15) is 4.98 Å². The summed E-state index contributed by atoms with van der Waals surface area (Å²) in [6.07, 6.45) is 2.50. The van der Waals surface area contributed by atoms with Crippen molar-refractivity contribution >= 4 is 17.7 Å². The van der Waals surface area contributed by atoms with Gasteiger partial charge in [-0.15, -0.1) is 5.10 Å². The van der Waals surface area contributed by atoms with Crippen LogP contribution in [-0.4, -0.2) is 52.1 Å². The second kappa shape index (κ2) is 8.38. The second-order valence-electron chi connectivity index (χ2n) is 4.17. The molecule has 0 spiro atoms. The molecule has 8 heteroatoms. The Morgan fingerprint density at radius 2 is 2.38 bits per heavy atom.